The van der Waals surface area contributed by atoms with Gasteiger partial charge in [0.1, 0.15) is 0 Å². The second kappa shape index (κ2) is 7.64. The maximum Gasteiger partial charge on any atom is 0.317 e. The second-order valence-electron chi connectivity index (χ2n) is 6.28. The summed E-state index contributed by atoms with van der Waals surface area (Å²) in [5.41, 5.74) is 1.18. The van der Waals surface area contributed by atoms with Gasteiger partial charge in [-0.1, -0.05) is 42.5 Å². The van der Waals surface area contributed by atoms with Gasteiger partial charge in [-0.3, -0.25) is 0 Å². The molecule has 0 unspecified atom stereocenters. The van der Waals surface area contributed by atoms with Gasteiger partial charge in [0.25, 0.3) is 0 Å². The number of amides is 2. The highest BCUT2D eigenvalue weighted by molar-refractivity contribution is 5.85. The van der Waals surface area contributed by atoms with Gasteiger partial charge in [-0.15, -0.1) is 0 Å². The van der Waals surface area contributed by atoms with Crippen LogP contribution in [0.1, 0.15) is 12.5 Å². The molecule has 0 aromatic heterocycles. The van der Waals surface area contributed by atoms with Crippen LogP contribution in [0, 0.1) is 0 Å². The zero-order chi connectivity index (χ0) is 16.9. The van der Waals surface area contributed by atoms with Gasteiger partial charge in [-0.2, -0.15) is 0 Å². The first kappa shape index (κ1) is 16.7. The Morgan fingerprint density at radius 1 is 1.25 bits per heavy atom. The van der Waals surface area contributed by atoms with Crippen molar-refractivity contribution in [1.29, 1.82) is 0 Å². The quantitative estimate of drug-likeness (QED) is 0.887. The summed E-state index contributed by atoms with van der Waals surface area (Å²) in [5.74, 6) is 0. The summed E-state index contributed by atoms with van der Waals surface area (Å²) in [6.45, 7) is 4.28. The lowest BCUT2D eigenvalue weighted by Crippen LogP contribution is -2.59. The first-order valence-electron chi connectivity index (χ1n) is 8.30. The van der Waals surface area contributed by atoms with Gasteiger partial charge in [0.2, 0.25) is 0 Å². The summed E-state index contributed by atoms with van der Waals surface area (Å²) in [6.07, 6.45) is 0.104. The molecular weight excluding hydrogens is 304 g/mol. The Hall–Kier alpha value is -2.11. The van der Waals surface area contributed by atoms with Crippen LogP contribution in [-0.2, 0) is 16.1 Å². The van der Waals surface area contributed by atoms with Crippen molar-refractivity contribution in [3.8, 4) is 0 Å². The SMILES string of the molecule is COC[C@@H](C)NC(=O)N1CC(OCc2cccc3ccccc23)C1. The van der Waals surface area contributed by atoms with Gasteiger partial charge >= 0.3 is 6.03 Å². The average Bonchev–Trinajstić information content (AvgIpc) is 2.53. The molecule has 1 aliphatic heterocycles. The molecule has 2 amide bonds. The Kier molecular flexibility index (Phi) is 5.33. The average molecular weight is 328 g/mol. The lowest BCUT2D eigenvalue weighted by molar-refractivity contribution is -0.0443. The minimum atomic E-state index is -0.0513. The number of rotatable bonds is 6. The molecule has 3 rings (SSSR count). The standard InChI is InChI=1S/C19H24N2O3/c1-14(12-23-2)20-19(22)21-10-17(11-21)24-13-16-8-5-7-15-6-3-4-9-18(15)16/h3-9,14,17H,10-13H2,1-2H3,(H,20,22)/t14-/m1/s1. The zero-order valence-electron chi connectivity index (χ0n) is 14.2. The number of carbonyl (C=O) groups is 1. The van der Waals surface area contributed by atoms with Crippen molar-refractivity contribution in [2.45, 2.75) is 25.7 Å². The number of methoxy groups -OCH3 is 1. The number of ether oxygens (including phenoxy) is 2. The van der Waals surface area contributed by atoms with Crippen LogP contribution in [0.5, 0.6) is 0 Å². The van der Waals surface area contributed by atoms with E-state index in [9.17, 15) is 4.79 Å². The van der Waals surface area contributed by atoms with Crippen molar-refractivity contribution in [2.75, 3.05) is 26.8 Å². The minimum absolute atomic E-state index is 0.0122. The number of hydrogen-bond donors (Lipinski definition) is 1. The Morgan fingerprint density at radius 2 is 2.00 bits per heavy atom. The number of hydrogen-bond acceptors (Lipinski definition) is 3. The molecular formula is C19H24N2O3. The van der Waals surface area contributed by atoms with Crippen molar-refractivity contribution in [1.82, 2.24) is 10.2 Å². The number of nitrogens with zero attached hydrogens (tertiary/aromatic N) is 1. The highest BCUT2D eigenvalue weighted by Crippen LogP contribution is 2.21. The first-order valence-corrected chi connectivity index (χ1v) is 8.30. The molecule has 0 aliphatic carbocycles. The number of likely N-dealkylation sites (tertiary alicyclic amines) is 1. The minimum Gasteiger partial charge on any atom is -0.383 e. The van der Waals surface area contributed by atoms with Crippen molar-refractivity contribution in [3.05, 3.63) is 48.0 Å². The molecule has 0 bridgehead atoms. The Bertz CT molecular complexity index is 693. The number of benzene rings is 2. The molecule has 0 radical (unpaired) electrons. The molecule has 1 fully saturated rings. The van der Waals surface area contributed by atoms with E-state index in [1.54, 1.807) is 12.0 Å². The maximum atomic E-state index is 12.0. The summed E-state index contributed by atoms with van der Waals surface area (Å²) in [4.78, 5) is 13.8. The molecule has 5 nitrogen and oxygen atoms in total. The predicted octanol–water partition coefficient (Wildman–Crippen LogP) is 2.79. The lowest BCUT2D eigenvalue weighted by atomic mass is 10.1. The normalized spacial score (nSPS) is 16.0. The van der Waals surface area contributed by atoms with Crippen molar-refractivity contribution < 1.29 is 14.3 Å². The summed E-state index contributed by atoms with van der Waals surface area (Å²) >= 11 is 0. The smallest absolute Gasteiger partial charge is 0.317 e. The lowest BCUT2D eigenvalue weighted by Gasteiger charge is -2.39. The highest BCUT2D eigenvalue weighted by Gasteiger charge is 2.31. The van der Waals surface area contributed by atoms with E-state index in [0.29, 0.717) is 26.3 Å². The molecule has 1 atom stereocenters. The van der Waals surface area contributed by atoms with Crippen LogP contribution >= 0.6 is 0 Å². The predicted molar refractivity (Wildman–Crippen MR) is 94.0 cm³/mol. The largest absolute Gasteiger partial charge is 0.383 e. The third kappa shape index (κ3) is 3.86. The monoisotopic (exact) mass is 328 g/mol. The van der Waals surface area contributed by atoms with E-state index in [0.717, 1.165) is 0 Å². The number of fused-ring (bicyclic) bond motifs is 1. The van der Waals surface area contributed by atoms with E-state index in [1.807, 2.05) is 19.1 Å². The number of urea groups is 1. The van der Waals surface area contributed by atoms with Crippen LogP contribution in [0.15, 0.2) is 42.5 Å². The molecule has 1 aliphatic rings. The van der Waals surface area contributed by atoms with Gasteiger partial charge < -0.3 is 19.7 Å². The van der Waals surface area contributed by atoms with E-state index in [1.165, 1.54) is 16.3 Å². The Labute approximate surface area is 142 Å². The molecule has 24 heavy (non-hydrogen) atoms. The topological polar surface area (TPSA) is 50.8 Å². The highest BCUT2D eigenvalue weighted by atomic mass is 16.5. The molecule has 1 heterocycles. The first-order chi connectivity index (χ1) is 11.7. The molecule has 0 saturated carbocycles. The molecule has 5 heteroatoms. The molecule has 128 valence electrons. The molecule has 0 spiro atoms. The molecule has 1 saturated heterocycles. The summed E-state index contributed by atoms with van der Waals surface area (Å²) < 4.78 is 11.0. The molecule has 2 aromatic carbocycles. The molecule has 2 aromatic rings. The fourth-order valence-electron chi connectivity index (χ4n) is 2.93. The van der Waals surface area contributed by atoms with E-state index in [-0.39, 0.29) is 18.2 Å². The van der Waals surface area contributed by atoms with Crippen molar-refractivity contribution in [2.24, 2.45) is 0 Å². The van der Waals surface area contributed by atoms with Crippen molar-refractivity contribution >= 4 is 16.8 Å². The maximum absolute atomic E-state index is 12.0. The van der Waals surface area contributed by atoms with Crippen LogP contribution in [0.4, 0.5) is 4.79 Å². The van der Waals surface area contributed by atoms with Gasteiger partial charge in [0.05, 0.1) is 38.4 Å². The van der Waals surface area contributed by atoms with Crippen LogP contribution in [0.3, 0.4) is 0 Å². The summed E-state index contributed by atoms with van der Waals surface area (Å²) in [6, 6.07) is 14.5. The van der Waals surface area contributed by atoms with Gasteiger partial charge in [0.15, 0.2) is 0 Å². The fraction of sp³-hybridized carbons (Fsp3) is 0.421. The van der Waals surface area contributed by atoms with Crippen LogP contribution in [-0.4, -0.2) is 49.9 Å². The zero-order valence-corrected chi connectivity index (χ0v) is 14.2. The van der Waals surface area contributed by atoms with Crippen molar-refractivity contribution in [3.63, 3.8) is 0 Å². The third-order valence-corrected chi connectivity index (χ3v) is 4.28. The summed E-state index contributed by atoms with van der Waals surface area (Å²) in [7, 11) is 1.63. The van der Waals surface area contributed by atoms with E-state index in [2.05, 4.69) is 35.6 Å². The Balaban J connectivity index is 1.47. The number of nitrogens with one attached hydrogen (secondary N) is 1. The van der Waals surface area contributed by atoms with E-state index in [4.69, 9.17) is 9.47 Å². The van der Waals surface area contributed by atoms with Crippen LogP contribution in [0.25, 0.3) is 10.8 Å². The van der Waals surface area contributed by atoms with Crippen LogP contribution < -0.4 is 5.32 Å². The van der Waals surface area contributed by atoms with E-state index >= 15 is 0 Å². The second-order valence-corrected chi connectivity index (χ2v) is 6.28. The number of carbonyl (C=O) groups excluding carboxylic acids is 1. The fourth-order valence-corrected chi connectivity index (χ4v) is 2.93. The Morgan fingerprint density at radius 3 is 2.79 bits per heavy atom. The van der Waals surface area contributed by atoms with Gasteiger partial charge in [-0.25, -0.2) is 4.79 Å². The van der Waals surface area contributed by atoms with Gasteiger partial charge in [-0.05, 0) is 23.3 Å². The third-order valence-electron chi connectivity index (χ3n) is 4.28. The van der Waals surface area contributed by atoms with E-state index < -0.39 is 0 Å². The van der Waals surface area contributed by atoms with Gasteiger partial charge in [0, 0.05) is 7.11 Å². The summed E-state index contributed by atoms with van der Waals surface area (Å²) in [5, 5.41) is 5.35. The van der Waals surface area contributed by atoms with Crippen LogP contribution in [0.2, 0.25) is 0 Å². The molecule has 1 N–H and O–H groups in total.